The molecule has 1 aliphatic heterocycles. The van der Waals surface area contributed by atoms with Crippen molar-refractivity contribution in [3.8, 4) is 0 Å². The van der Waals surface area contributed by atoms with Crippen LogP contribution < -0.4 is 10.2 Å². The topological polar surface area (TPSA) is 90.0 Å². The summed E-state index contributed by atoms with van der Waals surface area (Å²) in [7, 11) is 1.64. The number of hydrogen-bond acceptors (Lipinski definition) is 5. The first kappa shape index (κ1) is 20.6. The van der Waals surface area contributed by atoms with Gasteiger partial charge in [-0.3, -0.25) is 14.4 Å². The Hall–Kier alpha value is -3.16. The van der Waals surface area contributed by atoms with Gasteiger partial charge in [-0.1, -0.05) is 35.9 Å². The van der Waals surface area contributed by atoms with E-state index >= 15 is 0 Å². The number of rotatable bonds is 6. The first-order chi connectivity index (χ1) is 13.8. The number of likely N-dealkylation sites (N-methyl/N-ethyl adjacent to an activating group) is 1. The first-order valence-corrected chi connectivity index (χ1v) is 9.30. The summed E-state index contributed by atoms with van der Waals surface area (Å²) in [6.45, 7) is 1.40. The van der Waals surface area contributed by atoms with Gasteiger partial charge in [-0.15, -0.1) is 0 Å². The number of para-hydroxylation sites is 1. The number of nitrogens with zero attached hydrogens (tertiary/aromatic N) is 2. The highest BCUT2D eigenvalue weighted by atomic mass is 35.5. The Morgan fingerprint density at radius 2 is 1.76 bits per heavy atom. The van der Waals surface area contributed by atoms with E-state index in [1.807, 2.05) is 0 Å². The summed E-state index contributed by atoms with van der Waals surface area (Å²) in [6.07, 6.45) is 0. The van der Waals surface area contributed by atoms with Crippen LogP contribution in [-0.4, -0.2) is 47.9 Å². The molecule has 2 aromatic rings. The van der Waals surface area contributed by atoms with Gasteiger partial charge >= 0.3 is 0 Å². The Labute approximate surface area is 173 Å². The van der Waals surface area contributed by atoms with Crippen LogP contribution in [-0.2, 0) is 14.4 Å². The van der Waals surface area contributed by atoms with Gasteiger partial charge in [-0.25, -0.2) is 4.90 Å². The number of aliphatic hydroxyl groups is 1. The van der Waals surface area contributed by atoms with E-state index in [1.165, 1.54) is 6.92 Å². The van der Waals surface area contributed by atoms with E-state index in [2.05, 4.69) is 5.32 Å². The van der Waals surface area contributed by atoms with E-state index < -0.39 is 11.8 Å². The molecule has 0 bridgehead atoms. The third-order valence-corrected chi connectivity index (χ3v) is 4.78. The fraction of sp³-hybridized carbons (Fsp3) is 0.190. The van der Waals surface area contributed by atoms with Gasteiger partial charge < -0.3 is 15.3 Å². The second kappa shape index (κ2) is 8.46. The number of amides is 3. The lowest BCUT2D eigenvalue weighted by Crippen LogP contribution is -2.35. The van der Waals surface area contributed by atoms with Gasteiger partial charge in [0.15, 0.2) is 0 Å². The minimum Gasteiger partial charge on any atom is -0.395 e. The zero-order valence-electron chi connectivity index (χ0n) is 16.0. The number of imide groups is 1. The number of carbonyl (C=O) groups excluding carboxylic acids is 3. The van der Waals surface area contributed by atoms with Crippen molar-refractivity contribution in [1.82, 2.24) is 4.90 Å². The van der Waals surface area contributed by atoms with Crippen LogP contribution >= 0.6 is 11.6 Å². The number of nitrogens with one attached hydrogen (secondary N) is 1. The minimum absolute atomic E-state index is 0.177. The minimum atomic E-state index is -0.514. The maximum Gasteiger partial charge on any atom is 0.282 e. The van der Waals surface area contributed by atoms with E-state index in [-0.39, 0.29) is 35.4 Å². The van der Waals surface area contributed by atoms with E-state index in [4.69, 9.17) is 11.6 Å². The third-order valence-electron chi connectivity index (χ3n) is 4.46. The van der Waals surface area contributed by atoms with Crippen LogP contribution in [0.1, 0.15) is 12.5 Å². The Bertz CT molecular complexity index is 1000. The molecule has 8 heteroatoms. The zero-order valence-corrected chi connectivity index (χ0v) is 16.7. The zero-order chi connectivity index (χ0) is 21.1. The molecule has 7 nitrogen and oxygen atoms in total. The van der Waals surface area contributed by atoms with Crippen molar-refractivity contribution in [3.63, 3.8) is 0 Å². The molecule has 29 heavy (non-hydrogen) atoms. The largest absolute Gasteiger partial charge is 0.395 e. The van der Waals surface area contributed by atoms with Crippen LogP contribution in [0.15, 0.2) is 54.2 Å². The second-order valence-corrected chi connectivity index (χ2v) is 6.93. The molecular weight excluding hydrogens is 394 g/mol. The lowest BCUT2D eigenvalue weighted by molar-refractivity contribution is -0.120. The summed E-state index contributed by atoms with van der Waals surface area (Å²) in [4.78, 5) is 40.3. The van der Waals surface area contributed by atoms with Gasteiger partial charge in [0.1, 0.15) is 5.70 Å². The van der Waals surface area contributed by atoms with E-state index in [1.54, 1.807) is 60.5 Å². The Kier molecular flexibility index (Phi) is 6.00. The molecule has 0 saturated heterocycles. The number of anilines is 2. The molecule has 0 unspecified atom stereocenters. The van der Waals surface area contributed by atoms with Crippen molar-refractivity contribution in [3.05, 3.63) is 64.8 Å². The van der Waals surface area contributed by atoms with E-state index in [0.717, 1.165) is 4.90 Å². The monoisotopic (exact) mass is 413 g/mol. The van der Waals surface area contributed by atoms with Crippen molar-refractivity contribution in [2.45, 2.75) is 6.92 Å². The molecule has 3 rings (SSSR count). The normalized spacial score (nSPS) is 13.9. The number of carbonyl (C=O) groups is 3. The van der Waals surface area contributed by atoms with Crippen LogP contribution in [0.25, 0.3) is 5.57 Å². The maximum atomic E-state index is 13.3. The van der Waals surface area contributed by atoms with Gasteiger partial charge in [-0.05, 0) is 29.8 Å². The highest BCUT2D eigenvalue weighted by Gasteiger charge is 2.42. The molecule has 0 aliphatic carbocycles. The van der Waals surface area contributed by atoms with Crippen molar-refractivity contribution in [2.24, 2.45) is 0 Å². The highest BCUT2D eigenvalue weighted by molar-refractivity contribution is 6.47. The molecule has 0 saturated carbocycles. The number of benzene rings is 2. The van der Waals surface area contributed by atoms with Crippen LogP contribution in [0, 0.1) is 0 Å². The molecule has 0 atom stereocenters. The Morgan fingerprint density at radius 3 is 2.34 bits per heavy atom. The van der Waals surface area contributed by atoms with E-state index in [9.17, 15) is 19.5 Å². The van der Waals surface area contributed by atoms with Crippen LogP contribution in [0.2, 0.25) is 5.02 Å². The van der Waals surface area contributed by atoms with Crippen molar-refractivity contribution in [1.29, 1.82) is 0 Å². The SMILES string of the molecule is CC(=O)Nc1ccc(C2=C(N(C)CCO)C(=O)N(c3ccccc3Cl)C2=O)cc1. The number of halogens is 1. The fourth-order valence-corrected chi connectivity index (χ4v) is 3.39. The van der Waals surface area contributed by atoms with Gasteiger partial charge in [0, 0.05) is 26.2 Å². The summed E-state index contributed by atoms with van der Waals surface area (Å²) in [6, 6.07) is 13.2. The Balaban J connectivity index is 2.09. The second-order valence-electron chi connectivity index (χ2n) is 6.52. The molecule has 0 spiro atoms. The van der Waals surface area contributed by atoms with Gasteiger partial charge in [0.2, 0.25) is 5.91 Å². The molecular formula is C21H20ClN3O4. The Morgan fingerprint density at radius 1 is 1.10 bits per heavy atom. The molecule has 2 N–H and O–H groups in total. The highest BCUT2D eigenvalue weighted by Crippen LogP contribution is 2.37. The summed E-state index contributed by atoms with van der Waals surface area (Å²) >= 11 is 6.23. The van der Waals surface area contributed by atoms with Crippen LogP contribution in [0.3, 0.4) is 0 Å². The predicted octanol–water partition coefficient (Wildman–Crippen LogP) is 2.51. The molecule has 0 aromatic heterocycles. The average Bonchev–Trinajstić information content (AvgIpc) is 2.93. The summed E-state index contributed by atoms with van der Waals surface area (Å²) in [5, 5.41) is 12.3. The van der Waals surface area contributed by atoms with Crippen LogP contribution in [0.4, 0.5) is 11.4 Å². The van der Waals surface area contributed by atoms with Gasteiger partial charge in [0.25, 0.3) is 11.8 Å². The molecule has 1 aliphatic rings. The van der Waals surface area contributed by atoms with Crippen molar-refractivity contribution >= 4 is 46.3 Å². The number of aliphatic hydroxyl groups excluding tert-OH is 1. The van der Waals surface area contributed by atoms with Gasteiger partial charge in [0.05, 0.1) is 22.9 Å². The molecule has 0 fully saturated rings. The smallest absolute Gasteiger partial charge is 0.282 e. The standard InChI is InChI=1S/C21H20ClN3O4/c1-13(27)23-15-9-7-14(8-10-15)18-19(24(2)11-12-26)21(29)25(20(18)28)17-6-4-3-5-16(17)22/h3-10,26H,11-12H2,1-2H3,(H,23,27). The lowest BCUT2D eigenvalue weighted by atomic mass is 10.0. The summed E-state index contributed by atoms with van der Waals surface area (Å²) < 4.78 is 0. The molecule has 0 radical (unpaired) electrons. The lowest BCUT2D eigenvalue weighted by Gasteiger charge is -2.20. The third kappa shape index (κ3) is 4.01. The predicted molar refractivity (Wildman–Crippen MR) is 111 cm³/mol. The summed E-state index contributed by atoms with van der Waals surface area (Å²) in [5.74, 6) is -1.23. The van der Waals surface area contributed by atoms with Crippen molar-refractivity contribution < 1.29 is 19.5 Å². The average molecular weight is 414 g/mol. The molecule has 150 valence electrons. The molecule has 2 aromatic carbocycles. The van der Waals surface area contributed by atoms with Crippen LogP contribution in [0.5, 0.6) is 0 Å². The molecule has 1 heterocycles. The van der Waals surface area contributed by atoms with Crippen molar-refractivity contribution in [2.75, 3.05) is 30.4 Å². The summed E-state index contributed by atoms with van der Waals surface area (Å²) in [5.41, 5.74) is 1.78. The fourth-order valence-electron chi connectivity index (χ4n) is 3.17. The number of hydrogen-bond donors (Lipinski definition) is 2. The maximum absolute atomic E-state index is 13.3. The quantitative estimate of drug-likeness (QED) is 0.710. The molecule has 3 amide bonds. The first-order valence-electron chi connectivity index (χ1n) is 8.92. The van der Waals surface area contributed by atoms with E-state index in [0.29, 0.717) is 16.9 Å². The van der Waals surface area contributed by atoms with Gasteiger partial charge in [-0.2, -0.15) is 0 Å².